The number of benzene rings is 2. The molecule has 3 rings (SSSR count). The molecule has 1 nitrogen and oxygen atoms in total. The molecule has 1 N–H and O–H groups in total. The van der Waals surface area contributed by atoms with Crippen molar-refractivity contribution < 1.29 is 4.39 Å². The number of fused-ring (bicyclic) bond motifs is 1. The Morgan fingerprint density at radius 2 is 2.05 bits per heavy atom. The Morgan fingerprint density at radius 1 is 1.24 bits per heavy atom. The van der Waals surface area contributed by atoms with Crippen molar-refractivity contribution in [3.05, 3.63) is 70.0 Å². The first kappa shape index (κ1) is 14.6. The van der Waals surface area contributed by atoms with Crippen LogP contribution in [0.4, 0.5) is 4.39 Å². The van der Waals surface area contributed by atoms with Gasteiger partial charge in [-0.15, -0.1) is 0 Å². The predicted molar refractivity (Wildman–Crippen MR) is 85.2 cm³/mol. The average molecular weight is 304 g/mol. The fraction of sp³-hybridized carbons (Fsp3) is 0.333. The Kier molecular flexibility index (Phi) is 4.27. The predicted octanol–water partition coefficient (Wildman–Crippen LogP) is 4.54. The maximum atomic E-state index is 13.3. The van der Waals surface area contributed by atoms with Gasteiger partial charge in [0.05, 0.1) is 5.02 Å². The molecule has 0 spiro atoms. The first-order valence-electron chi connectivity index (χ1n) is 7.38. The monoisotopic (exact) mass is 303 g/mol. The number of hydrogen-bond acceptors (Lipinski definition) is 1. The topological polar surface area (TPSA) is 12.0 Å². The quantitative estimate of drug-likeness (QED) is 0.877. The van der Waals surface area contributed by atoms with Crippen LogP contribution in [0.5, 0.6) is 0 Å². The Bertz CT molecular complexity index is 641. The number of hydrogen-bond donors (Lipinski definition) is 1. The summed E-state index contributed by atoms with van der Waals surface area (Å²) >= 11 is 5.89. The van der Waals surface area contributed by atoms with Crippen molar-refractivity contribution in [2.45, 2.75) is 25.3 Å². The van der Waals surface area contributed by atoms with Crippen molar-refractivity contribution in [1.82, 2.24) is 5.32 Å². The second-order valence-electron chi connectivity index (χ2n) is 5.72. The number of rotatable bonds is 3. The normalized spacial score (nSPS) is 21.1. The van der Waals surface area contributed by atoms with Gasteiger partial charge in [-0.3, -0.25) is 0 Å². The van der Waals surface area contributed by atoms with Gasteiger partial charge in [0.2, 0.25) is 0 Å². The van der Waals surface area contributed by atoms with Crippen molar-refractivity contribution >= 4 is 11.6 Å². The second kappa shape index (κ2) is 6.17. The molecule has 1 aliphatic carbocycles. The van der Waals surface area contributed by atoms with Gasteiger partial charge in [-0.2, -0.15) is 0 Å². The molecular weight excluding hydrogens is 285 g/mol. The second-order valence-corrected chi connectivity index (χ2v) is 6.12. The summed E-state index contributed by atoms with van der Waals surface area (Å²) in [5, 5.41) is 3.66. The van der Waals surface area contributed by atoms with E-state index in [1.807, 2.05) is 13.1 Å². The van der Waals surface area contributed by atoms with E-state index in [2.05, 4.69) is 29.6 Å². The third-order valence-electron chi connectivity index (χ3n) is 4.44. The van der Waals surface area contributed by atoms with Gasteiger partial charge in [0.1, 0.15) is 5.82 Å². The fourth-order valence-electron chi connectivity index (χ4n) is 3.41. The van der Waals surface area contributed by atoms with Crippen LogP contribution in [0.1, 0.15) is 29.2 Å². The smallest absolute Gasteiger partial charge is 0.141 e. The lowest BCUT2D eigenvalue weighted by molar-refractivity contribution is 0.334. The molecule has 110 valence electrons. The van der Waals surface area contributed by atoms with Crippen LogP contribution < -0.4 is 5.32 Å². The minimum atomic E-state index is -0.348. The molecule has 2 unspecified atom stereocenters. The van der Waals surface area contributed by atoms with Gasteiger partial charge in [0.25, 0.3) is 0 Å². The molecule has 0 saturated carbocycles. The van der Waals surface area contributed by atoms with Gasteiger partial charge >= 0.3 is 0 Å². The van der Waals surface area contributed by atoms with E-state index in [1.54, 1.807) is 6.07 Å². The van der Waals surface area contributed by atoms with Crippen LogP contribution in [-0.4, -0.2) is 7.05 Å². The average Bonchev–Trinajstić information content (AvgIpc) is 2.51. The van der Waals surface area contributed by atoms with E-state index in [0.29, 0.717) is 12.0 Å². The summed E-state index contributed by atoms with van der Waals surface area (Å²) in [6, 6.07) is 14.0. The summed E-state index contributed by atoms with van der Waals surface area (Å²) < 4.78 is 13.3. The third-order valence-corrected chi connectivity index (χ3v) is 4.73. The van der Waals surface area contributed by atoms with Crippen molar-refractivity contribution in [2.24, 2.45) is 5.92 Å². The molecule has 0 heterocycles. The van der Waals surface area contributed by atoms with Crippen molar-refractivity contribution in [2.75, 3.05) is 7.05 Å². The zero-order valence-electron chi connectivity index (χ0n) is 12.1. The minimum Gasteiger partial charge on any atom is -0.313 e. The fourth-order valence-corrected chi connectivity index (χ4v) is 3.61. The highest BCUT2D eigenvalue weighted by Crippen LogP contribution is 2.36. The Balaban J connectivity index is 1.84. The Morgan fingerprint density at radius 3 is 2.81 bits per heavy atom. The SMILES string of the molecule is CNC1c2ccccc2CCC1Cc1ccc(F)c(Cl)c1. The highest BCUT2D eigenvalue weighted by Gasteiger charge is 2.28. The molecule has 21 heavy (non-hydrogen) atoms. The minimum absolute atomic E-state index is 0.213. The lowest BCUT2D eigenvalue weighted by atomic mass is 9.77. The van der Waals surface area contributed by atoms with Crippen LogP contribution in [0.2, 0.25) is 5.02 Å². The summed E-state index contributed by atoms with van der Waals surface area (Å²) in [6.07, 6.45) is 3.16. The maximum Gasteiger partial charge on any atom is 0.141 e. The molecule has 0 bridgehead atoms. The molecule has 0 saturated heterocycles. The van der Waals surface area contributed by atoms with Gasteiger partial charge in [-0.1, -0.05) is 41.9 Å². The zero-order valence-corrected chi connectivity index (χ0v) is 12.8. The summed E-state index contributed by atoms with van der Waals surface area (Å²) in [4.78, 5) is 0. The van der Waals surface area contributed by atoms with E-state index in [4.69, 9.17) is 11.6 Å². The molecule has 0 fully saturated rings. The van der Waals surface area contributed by atoms with Gasteiger partial charge in [-0.25, -0.2) is 4.39 Å². The lowest BCUT2D eigenvalue weighted by Gasteiger charge is -2.33. The first-order chi connectivity index (χ1) is 10.2. The van der Waals surface area contributed by atoms with Gasteiger partial charge in [-0.05, 0) is 61.1 Å². The Hall–Kier alpha value is -1.38. The van der Waals surface area contributed by atoms with Gasteiger partial charge < -0.3 is 5.32 Å². The maximum absolute atomic E-state index is 13.3. The van der Waals surface area contributed by atoms with Crippen molar-refractivity contribution in [3.63, 3.8) is 0 Å². The lowest BCUT2D eigenvalue weighted by Crippen LogP contribution is -2.31. The van der Waals surface area contributed by atoms with E-state index in [1.165, 1.54) is 17.2 Å². The first-order valence-corrected chi connectivity index (χ1v) is 7.76. The molecule has 0 amide bonds. The van der Waals surface area contributed by atoms with Gasteiger partial charge in [0.15, 0.2) is 0 Å². The number of nitrogens with one attached hydrogen (secondary N) is 1. The van der Waals surface area contributed by atoms with Crippen LogP contribution >= 0.6 is 11.6 Å². The highest BCUT2D eigenvalue weighted by atomic mass is 35.5. The Labute approximate surface area is 130 Å². The molecule has 2 aromatic rings. The van der Waals surface area contributed by atoms with E-state index < -0.39 is 0 Å². The molecular formula is C18H19ClFN. The zero-order chi connectivity index (χ0) is 14.8. The molecule has 1 aliphatic rings. The summed E-state index contributed by atoms with van der Waals surface area (Å²) in [6.45, 7) is 0. The third kappa shape index (κ3) is 2.97. The van der Waals surface area contributed by atoms with E-state index >= 15 is 0 Å². The molecule has 3 heteroatoms. The number of halogens is 2. The van der Waals surface area contributed by atoms with Gasteiger partial charge in [0, 0.05) is 6.04 Å². The van der Waals surface area contributed by atoms with E-state index in [-0.39, 0.29) is 10.8 Å². The summed E-state index contributed by atoms with van der Waals surface area (Å²) in [5.74, 6) is 0.158. The van der Waals surface area contributed by atoms with Crippen LogP contribution in [0.3, 0.4) is 0 Å². The van der Waals surface area contributed by atoms with E-state index in [9.17, 15) is 4.39 Å². The van der Waals surface area contributed by atoms with Crippen molar-refractivity contribution in [3.8, 4) is 0 Å². The summed E-state index contributed by atoms with van der Waals surface area (Å²) in [5.41, 5.74) is 3.93. The van der Waals surface area contributed by atoms with E-state index in [0.717, 1.165) is 24.8 Å². The van der Waals surface area contributed by atoms with Crippen LogP contribution in [0, 0.1) is 11.7 Å². The van der Waals surface area contributed by atoms with Crippen LogP contribution in [0.15, 0.2) is 42.5 Å². The molecule has 2 atom stereocenters. The molecule has 0 aliphatic heterocycles. The highest BCUT2D eigenvalue weighted by molar-refractivity contribution is 6.30. The largest absolute Gasteiger partial charge is 0.313 e. The van der Waals surface area contributed by atoms with Crippen molar-refractivity contribution in [1.29, 1.82) is 0 Å². The van der Waals surface area contributed by atoms with Crippen LogP contribution in [0.25, 0.3) is 0 Å². The standard InChI is InChI=1S/C18H19ClFN/c1-21-18-14(8-7-13-4-2-3-5-15(13)18)10-12-6-9-17(20)16(19)11-12/h2-6,9,11,14,18,21H,7-8,10H2,1H3. The molecule has 0 aromatic heterocycles. The molecule has 2 aromatic carbocycles. The summed E-state index contributed by atoms with van der Waals surface area (Å²) in [7, 11) is 2.01. The molecule has 0 radical (unpaired) electrons. The van der Waals surface area contributed by atoms with Crippen LogP contribution in [-0.2, 0) is 12.8 Å². The number of aryl methyl sites for hydroxylation is 1.